The molecule has 0 aliphatic carbocycles. The zero-order valence-electron chi connectivity index (χ0n) is 12.2. The predicted octanol–water partition coefficient (Wildman–Crippen LogP) is 3.85. The minimum absolute atomic E-state index is 0.370. The van der Waals surface area contributed by atoms with Gasteiger partial charge < -0.3 is 10.1 Å². The number of nitrogens with zero attached hydrogens (tertiary/aromatic N) is 1. The Kier molecular flexibility index (Phi) is 3.88. The van der Waals surface area contributed by atoms with E-state index in [0.717, 1.165) is 19.4 Å². The second-order valence-corrected chi connectivity index (χ2v) is 5.92. The number of rotatable bonds is 3. The Morgan fingerprint density at radius 2 is 2.20 bits per heavy atom. The Balaban J connectivity index is 1.79. The Bertz CT molecular complexity index is 577. The number of hydrogen-bond acceptors (Lipinski definition) is 3. The summed E-state index contributed by atoms with van der Waals surface area (Å²) in [5.74, 6) is 0.578. The van der Waals surface area contributed by atoms with E-state index in [1.807, 2.05) is 12.4 Å². The summed E-state index contributed by atoms with van der Waals surface area (Å²) < 4.78 is 5.84. The summed E-state index contributed by atoms with van der Waals surface area (Å²) in [5, 5.41) is 6.12. The molecule has 1 aliphatic heterocycles. The van der Waals surface area contributed by atoms with Crippen LogP contribution in [0.5, 0.6) is 0 Å². The number of anilines is 1. The van der Waals surface area contributed by atoms with Crippen LogP contribution in [-0.2, 0) is 4.74 Å². The van der Waals surface area contributed by atoms with Gasteiger partial charge in [-0.1, -0.05) is 26.0 Å². The number of benzene rings is 1. The molecule has 3 rings (SSSR count). The molecule has 1 fully saturated rings. The van der Waals surface area contributed by atoms with Crippen LogP contribution in [0, 0.1) is 5.92 Å². The van der Waals surface area contributed by atoms with Crippen molar-refractivity contribution in [2.45, 2.75) is 38.8 Å². The lowest BCUT2D eigenvalue weighted by Gasteiger charge is -2.33. The van der Waals surface area contributed by atoms with Crippen molar-refractivity contribution in [2.24, 2.45) is 5.92 Å². The molecule has 2 atom stereocenters. The molecule has 1 aromatic carbocycles. The maximum Gasteiger partial charge on any atom is 0.0617 e. The Labute approximate surface area is 120 Å². The van der Waals surface area contributed by atoms with E-state index in [-0.39, 0.29) is 0 Å². The van der Waals surface area contributed by atoms with Gasteiger partial charge in [-0.3, -0.25) is 4.98 Å². The summed E-state index contributed by atoms with van der Waals surface area (Å²) in [4.78, 5) is 4.25. The van der Waals surface area contributed by atoms with Gasteiger partial charge in [-0.05, 0) is 36.3 Å². The number of pyridine rings is 1. The molecule has 3 nitrogen and oxygen atoms in total. The highest BCUT2D eigenvalue weighted by atomic mass is 16.5. The molecule has 0 amide bonds. The number of fused-ring (bicyclic) bond motifs is 1. The van der Waals surface area contributed by atoms with E-state index in [9.17, 15) is 0 Å². The van der Waals surface area contributed by atoms with Crippen molar-refractivity contribution in [1.29, 1.82) is 0 Å². The minimum atomic E-state index is 0.370. The maximum atomic E-state index is 5.84. The summed E-state index contributed by atoms with van der Waals surface area (Å²) in [6.45, 7) is 5.31. The second kappa shape index (κ2) is 5.80. The highest BCUT2D eigenvalue weighted by Crippen LogP contribution is 2.27. The van der Waals surface area contributed by atoms with E-state index in [1.54, 1.807) is 0 Å². The fourth-order valence-corrected chi connectivity index (χ4v) is 2.88. The van der Waals surface area contributed by atoms with Gasteiger partial charge in [0.05, 0.1) is 6.10 Å². The van der Waals surface area contributed by atoms with Crippen molar-refractivity contribution in [3.8, 4) is 0 Å². The molecule has 1 N–H and O–H groups in total. The van der Waals surface area contributed by atoms with Gasteiger partial charge in [-0.15, -0.1) is 0 Å². The third-order valence-corrected chi connectivity index (χ3v) is 4.10. The average molecular weight is 270 g/mol. The first kappa shape index (κ1) is 13.4. The van der Waals surface area contributed by atoms with Gasteiger partial charge in [0.25, 0.3) is 0 Å². The Hall–Kier alpha value is -1.61. The summed E-state index contributed by atoms with van der Waals surface area (Å²) in [6, 6.07) is 8.92. The maximum absolute atomic E-state index is 5.84. The molecule has 1 saturated heterocycles. The van der Waals surface area contributed by atoms with Crippen LogP contribution in [-0.4, -0.2) is 23.7 Å². The van der Waals surface area contributed by atoms with Gasteiger partial charge in [-0.2, -0.15) is 0 Å². The topological polar surface area (TPSA) is 34.2 Å². The van der Waals surface area contributed by atoms with Crippen LogP contribution in [0.25, 0.3) is 10.8 Å². The van der Waals surface area contributed by atoms with E-state index in [0.29, 0.717) is 18.1 Å². The Morgan fingerprint density at radius 3 is 3.05 bits per heavy atom. The van der Waals surface area contributed by atoms with Crippen molar-refractivity contribution in [1.82, 2.24) is 4.98 Å². The molecule has 3 heteroatoms. The normalized spacial score (nSPS) is 23.1. The summed E-state index contributed by atoms with van der Waals surface area (Å²) >= 11 is 0. The molecular weight excluding hydrogens is 248 g/mol. The minimum Gasteiger partial charge on any atom is -0.382 e. The highest BCUT2D eigenvalue weighted by Gasteiger charge is 2.24. The molecule has 20 heavy (non-hydrogen) atoms. The summed E-state index contributed by atoms with van der Waals surface area (Å²) in [7, 11) is 0. The van der Waals surface area contributed by atoms with Crippen LogP contribution in [0.1, 0.15) is 26.7 Å². The molecule has 1 aliphatic rings. The lowest BCUT2D eigenvalue weighted by Crippen LogP contribution is -2.36. The molecular formula is C17H22N2O. The van der Waals surface area contributed by atoms with Crippen LogP contribution >= 0.6 is 0 Å². The third kappa shape index (κ3) is 2.78. The number of hydrogen-bond donors (Lipinski definition) is 1. The van der Waals surface area contributed by atoms with Gasteiger partial charge >= 0.3 is 0 Å². The fourth-order valence-electron chi connectivity index (χ4n) is 2.88. The molecule has 0 radical (unpaired) electrons. The van der Waals surface area contributed by atoms with Gasteiger partial charge in [0.2, 0.25) is 0 Å². The molecule has 1 aromatic heterocycles. The van der Waals surface area contributed by atoms with Crippen LogP contribution in [0.2, 0.25) is 0 Å². The monoisotopic (exact) mass is 270 g/mol. The van der Waals surface area contributed by atoms with Gasteiger partial charge in [0, 0.05) is 36.1 Å². The van der Waals surface area contributed by atoms with Gasteiger partial charge in [0.1, 0.15) is 0 Å². The van der Waals surface area contributed by atoms with Crippen molar-refractivity contribution in [3.05, 3.63) is 36.7 Å². The lowest BCUT2D eigenvalue weighted by atomic mass is 9.95. The van der Waals surface area contributed by atoms with Crippen molar-refractivity contribution in [2.75, 3.05) is 11.9 Å². The van der Waals surface area contributed by atoms with Gasteiger partial charge in [-0.25, -0.2) is 0 Å². The first-order chi connectivity index (χ1) is 9.74. The standard InChI is InChI=1S/C17H22N2O/c1-12(2)17-10-14(7-9-20-17)19-16-5-3-4-13-6-8-18-11-15(13)16/h3-6,8,11-12,14,17,19H,7,9-10H2,1-2H3. The van der Waals surface area contributed by atoms with Crippen LogP contribution in [0.15, 0.2) is 36.7 Å². The van der Waals surface area contributed by atoms with E-state index < -0.39 is 0 Å². The van der Waals surface area contributed by atoms with E-state index in [2.05, 4.69) is 48.4 Å². The predicted molar refractivity (Wildman–Crippen MR) is 83.0 cm³/mol. The van der Waals surface area contributed by atoms with Crippen molar-refractivity contribution >= 4 is 16.5 Å². The number of aromatic nitrogens is 1. The summed E-state index contributed by atoms with van der Waals surface area (Å²) in [6.07, 6.45) is 6.30. The summed E-state index contributed by atoms with van der Waals surface area (Å²) in [5.41, 5.74) is 1.19. The molecule has 2 heterocycles. The van der Waals surface area contributed by atoms with E-state index in [4.69, 9.17) is 4.74 Å². The zero-order valence-corrected chi connectivity index (χ0v) is 12.2. The fraction of sp³-hybridized carbons (Fsp3) is 0.471. The Morgan fingerprint density at radius 1 is 1.30 bits per heavy atom. The SMILES string of the molecule is CC(C)C1CC(Nc2cccc3ccncc23)CCO1. The first-order valence-corrected chi connectivity index (χ1v) is 7.45. The molecule has 2 unspecified atom stereocenters. The zero-order chi connectivity index (χ0) is 13.9. The molecule has 0 bridgehead atoms. The molecule has 2 aromatic rings. The van der Waals surface area contributed by atoms with Crippen LogP contribution < -0.4 is 5.32 Å². The third-order valence-electron chi connectivity index (χ3n) is 4.10. The van der Waals surface area contributed by atoms with Crippen LogP contribution in [0.3, 0.4) is 0 Å². The van der Waals surface area contributed by atoms with Gasteiger partial charge in [0.15, 0.2) is 0 Å². The largest absolute Gasteiger partial charge is 0.382 e. The number of nitrogens with one attached hydrogen (secondary N) is 1. The van der Waals surface area contributed by atoms with Crippen LogP contribution in [0.4, 0.5) is 5.69 Å². The number of ether oxygens (including phenoxy) is 1. The molecule has 0 saturated carbocycles. The quantitative estimate of drug-likeness (QED) is 0.920. The highest BCUT2D eigenvalue weighted by molar-refractivity contribution is 5.93. The second-order valence-electron chi connectivity index (χ2n) is 5.92. The molecule has 106 valence electrons. The lowest BCUT2D eigenvalue weighted by molar-refractivity contribution is -0.0160. The van der Waals surface area contributed by atoms with E-state index in [1.165, 1.54) is 16.5 Å². The van der Waals surface area contributed by atoms with E-state index >= 15 is 0 Å². The average Bonchev–Trinajstić information content (AvgIpc) is 2.48. The van der Waals surface area contributed by atoms with Crippen molar-refractivity contribution in [3.63, 3.8) is 0 Å². The van der Waals surface area contributed by atoms with Crippen molar-refractivity contribution < 1.29 is 4.74 Å². The first-order valence-electron chi connectivity index (χ1n) is 7.45. The molecule has 0 spiro atoms. The smallest absolute Gasteiger partial charge is 0.0617 e.